The molecule has 2 heterocycles. The number of carbonyl (C=O) groups excluding carboxylic acids is 1. The average Bonchev–Trinajstić information content (AvgIpc) is 2.83. The predicted octanol–water partition coefficient (Wildman–Crippen LogP) is 3.18. The molecule has 0 aliphatic heterocycles. The van der Waals surface area contributed by atoms with Gasteiger partial charge in [0.05, 0.1) is 22.3 Å². The fourth-order valence-electron chi connectivity index (χ4n) is 2.78. The third-order valence-corrected chi connectivity index (χ3v) is 4.05. The number of rotatable bonds is 4. The summed E-state index contributed by atoms with van der Waals surface area (Å²) in [7, 11) is 2.02. The van der Waals surface area contributed by atoms with E-state index in [0.717, 1.165) is 29.7 Å². The normalized spacial score (nSPS) is 11.0. The van der Waals surface area contributed by atoms with Crippen LogP contribution in [-0.4, -0.2) is 25.4 Å². The van der Waals surface area contributed by atoms with E-state index in [4.69, 9.17) is 0 Å². The second-order valence-electron chi connectivity index (χ2n) is 5.91. The van der Waals surface area contributed by atoms with Crippen molar-refractivity contribution in [3.63, 3.8) is 0 Å². The molecule has 0 atom stereocenters. The van der Waals surface area contributed by atoms with E-state index >= 15 is 0 Å². The van der Waals surface area contributed by atoms with Gasteiger partial charge in [0.25, 0.3) is 5.91 Å². The van der Waals surface area contributed by atoms with Gasteiger partial charge in [-0.05, 0) is 38.5 Å². The summed E-state index contributed by atoms with van der Waals surface area (Å²) in [6.07, 6.45) is 3.55. The average molecular weight is 323 g/mol. The third-order valence-electron chi connectivity index (χ3n) is 4.05. The number of fused-ring (bicyclic) bond motifs is 1. The summed E-state index contributed by atoms with van der Waals surface area (Å²) in [5.74, 6) is 1.50. The lowest BCUT2D eigenvalue weighted by molar-refractivity contribution is 0.102. The largest absolute Gasteiger partial charge is 0.331 e. The van der Waals surface area contributed by atoms with Crippen molar-refractivity contribution < 1.29 is 4.79 Å². The van der Waals surface area contributed by atoms with Crippen LogP contribution in [0.5, 0.6) is 0 Å². The molecule has 0 spiro atoms. The number of amides is 1. The quantitative estimate of drug-likeness (QED) is 0.800. The number of nitrogens with one attached hydrogen (secondary N) is 1. The molecule has 1 aromatic carbocycles. The van der Waals surface area contributed by atoms with Crippen molar-refractivity contribution in [1.29, 1.82) is 0 Å². The lowest BCUT2D eigenvalue weighted by Crippen LogP contribution is -2.15. The predicted molar refractivity (Wildman–Crippen MR) is 94.2 cm³/mol. The monoisotopic (exact) mass is 323 g/mol. The molecule has 0 aliphatic rings. The number of imidazole rings is 1. The van der Waals surface area contributed by atoms with Crippen LogP contribution in [0.3, 0.4) is 0 Å². The highest BCUT2D eigenvalue weighted by Crippen LogP contribution is 2.21. The highest BCUT2D eigenvalue weighted by Gasteiger charge is 2.13. The minimum Gasteiger partial charge on any atom is -0.331 e. The van der Waals surface area contributed by atoms with Crippen LogP contribution in [0.25, 0.3) is 11.0 Å². The van der Waals surface area contributed by atoms with Crippen molar-refractivity contribution in [3.8, 4) is 0 Å². The second-order valence-corrected chi connectivity index (χ2v) is 5.91. The van der Waals surface area contributed by atoms with E-state index in [0.29, 0.717) is 22.8 Å². The summed E-state index contributed by atoms with van der Waals surface area (Å²) in [6.45, 7) is 5.75. The first-order valence-electron chi connectivity index (χ1n) is 8.06. The highest BCUT2D eigenvalue weighted by molar-refractivity contribution is 6.05. The Morgan fingerprint density at radius 3 is 2.75 bits per heavy atom. The van der Waals surface area contributed by atoms with Gasteiger partial charge in [-0.3, -0.25) is 4.79 Å². The Hall–Kier alpha value is -2.76. The van der Waals surface area contributed by atoms with Crippen LogP contribution >= 0.6 is 0 Å². The van der Waals surface area contributed by atoms with Crippen LogP contribution in [0.4, 0.5) is 5.69 Å². The molecule has 0 fully saturated rings. The molecule has 0 aliphatic carbocycles. The van der Waals surface area contributed by atoms with Crippen molar-refractivity contribution >= 4 is 22.6 Å². The summed E-state index contributed by atoms with van der Waals surface area (Å²) >= 11 is 0. The van der Waals surface area contributed by atoms with Gasteiger partial charge in [0, 0.05) is 25.4 Å². The molecule has 3 rings (SSSR count). The van der Waals surface area contributed by atoms with Gasteiger partial charge >= 0.3 is 0 Å². The van der Waals surface area contributed by atoms with Gasteiger partial charge in [-0.25, -0.2) is 15.0 Å². The van der Waals surface area contributed by atoms with Crippen molar-refractivity contribution in [2.45, 2.75) is 33.6 Å². The zero-order valence-electron chi connectivity index (χ0n) is 14.4. The molecule has 24 heavy (non-hydrogen) atoms. The van der Waals surface area contributed by atoms with Gasteiger partial charge in [0.1, 0.15) is 11.6 Å². The summed E-state index contributed by atoms with van der Waals surface area (Å²) in [6, 6.07) is 5.77. The van der Waals surface area contributed by atoms with E-state index in [2.05, 4.69) is 31.8 Å². The first-order valence-corrected chi connectivity index (χ1v) is 8.06. The maximum absolute atomic E-state index is 12.4. The summed E-state index contributed by atoms with van der Waals surface area (Å²) in [4.78, 5) is 25.4. The summed E-state index contributed by atoms with van der Waals surface area (Å²) in [5, 5.41) is 2.90. The van der Waals surface area contributed by atoms with Gasteiger partial charge in [0.2, 0.25) is 0 Å². The highest BCUT2D eigenvalue weighted by atomic mass is 16.1. The number of hydrogen-bond donors (Lipinski definition) is 1. The fraction of sp³-hybridized carbons (Fsp3) is 0.333. The molecule has 3 aromatic rings. The first kappa shape index (κ1) is 16.1. The van der Waals surface area contributed by atoms with Crippen LogP contribution in [0.15, 0.2) is 24.4 Å². The Morgan fingerprint density at radius 1 is 1.25 bits per heavy atom. The van der Waals surface area contributed by atoms with Gasteiger partial charge < -0.3 is 9.88 Å². The van der Waals surface area contributed by atoms with Crippen molar-refractivity contribution in [1.82, 2.24) is 19.5 Å². The standard InChI is InChI=1S/C18H21N5O/c1-5-6-17-22-15-9-13(7-8-16(15)23(17)4)21-18(24)14-10-19-12(3)20-11(14)2/h7-10H,5-6H2,1-4H3,(H,21,24). The van der Waals surface area contributed by atoms with Gasteiger partial charge in [0.15, 0.2) is 0 Å². The number of carbonyl (C=O) groups is 1. The molecule has 1 amide bonds. The fourth-order valence-corrected chi connectivity index (χ4v) is 2.78. The van der Waals surface area contributed by atoms with Crippen molar-refractivity contribution in [2.24, 2.45) is 7.05 Å². The van der Waals surface area contributed by atoms with Gasteiger partial charge in [-0.2, -0.15) is 0 Å². The Balaban J connectivity index is 1.88. The number of benzene rings is 1. The van der Waals surface area contributed by atoms with Crippen LogP contribution in [0, 0.1) is 13.8 Å². The maximum Gasteiger partial charge on any atom is 0.259 e. The second kappa shape index (κ2) is 6.39. The molecule has 1 N–H and O–H groups in total. The molecular weight excluding hydrogens is 302 g/mol. The van der Waals surface area contributed by atoms with E-state index in [1.54, 1.807) is 13.1 Å². The molecule has 0 bridgehead atoms. The van der Waals surface area contributed by atoms with E-state index in [1.165, 1.54) is 0 Å². The molecule has 2 aromatic heterocycles. The molecule has 6 nitrogen and oxygen atoms in total. The third kappa shape index (κ3) is 2.99. The SMILES string of the molecule is CCCc1nc2cc(NC(=O)c3cnc(C)nc3C)ccc2n1C. The van der Waals surface area contributed by atoms with Crippen LogP contribution in [0.2, 0.25) is 0 Å². The van der Waals surface area contributed by atoms with Crippen molar-refractivity contribution in [2.75, 3.05) is 5.32 Å². The molecule has 6 heteroatoms. The van der Waals surface area contributed by atoms with Gasteiger partial charge in [-0.15, -0.1) is 0 Å². The zero-order valence-corrected chi connectivity index (χ0v) is 14.4. The van der Waals surface area contributed by atoms with Crippen LogP contribution < -0.4 is 5.32 Å². The molecular formula is C18H21N5O. The maximum atomic E-state index is 12.4. The summed E-state index contributed by atoms with van der Waals surface area (Å²) in [5.41, 5.74) is 3.81. The summed E-state index contributed by atoms with van der Waals surface area (Å²) < 4.78 is 2.10. The molecule has 0 saturated heterocycles. The van der Waals surface area contributed by atoms with Crippen LogP contribution in [0.1, 0.15) is 41.0 Å². The number of aryl methyl sites for hydroxylation is 4. The minimum absolute atomic E-state index is 0.212. The van der Waals surface area contributed by atoms with E-state index in [-0.39, 0.29) is 5.91 Å². The Morgan fingerprint density at radius 2 is 2.04 bits per heavy atom. The Bertz CT molecular complexity index is 913. The minimum atomic E-state index is -0.212. The number of hydrogen-bond acceptors (Lipinski definition) is 4. The number of aromatic nitrogens is 4. The smallest absolute Gasteiger partial charge is 0.259 e. The van der Waals surface area contributed by atoms with E-state index < -0.39 is 0 Å². The lowest BCUT2D eigenvalue weighted by Gasteiger charge is -2.07. The first-order chi connectivity index (χ1) is 11.5. The van der Waals surface area contributed by atoms with Gasteiger partial charge in [-0.1, -0.05) is 6.92 Å². The topological polar surface area (TPSA) is 72.7 Å². The number of nitrogens with zero attached hydrogens (tertiary/aromatic N) is 4. The molecule has 0 unspecified atom stereocenters. The molecule has 0 radical (unpaired) electrons. The van der Waals surface area contributed by atoms with Crippen molar-refractivity contribution in [3.05, 3.63) is 47.3 Å². The Labute approximate surface area is 141 Å². The zero-order chi connectivity index (χ0) is 17.3. The molecule has 0 saturated carbocycles. The number of anilines is 1. The van der Waals surface area contributed by atoms with E-state index in [1.807, 2.05) is 32.2 Å². The van der Waals surface area contributed by atoms with Crippen LogP contribution in [-0.2, 0) is 13.5 Å². The molecule has 124 valence electrons. The Kier molecular flexibility index (Phi) is 4.29. The lowest BCUT2D eigenvalue weighted by atomic mass is 10.2. The van der Waals surface area contributed by atoms with E-state index in [9.17, 15) is 4.79 Å².